The van der Waals surface area contributed by atoms with Crippen molar-refractivity contribution in [2.45, 2.75) is 33.6 Å². The normalized spacial score (nSPS) is 11.6. The molecule has 0 bridgehead atoms. The van der Waals surface area contributed by atoms with E-state index in [-0.39, 0.29) is 18.2 Å². The second-order valence-electron chi connectivity index (χ2n) is 7.92. The fraction of sp³-hybridized carbons (Fsp3) is 0.385. The maximum atomic E-state index is 13.3. The van der Waals surface area contributed by atoms with Gasteiger partial charge in [0.25, 0.3) is 0 Å². The van der Waals surface area contributed by atoms with Crippen LogP contribution in [0.15, 0.2) is 48.0 Å². The van der Waals surface area contributed by atoms with Gasteiger partial charge >= 0.3 is 5.97 Å². The van der Waals surface area contributed by atoms with Gasteiger partial charge in [0, 0.05) is 11.8 Å². The van der Waals surface area contributed by atoms with Crippen molar-refractivity contribution < 1.29 is 28.5 Å². The summed E-state index contributed by atoms with van der Waals surface area (Å²) in [5.41, 5.74) is 1.59. The number of rotatable bonds is 11. The van der Waals surface area contributed by atoms with Gasteiger partial charge in [-0.3, -0.25) is 9.59 Å². The van der Waals surface area contributed by atoms with E-state index in [1.165, 1.54) is 7.11 Å². The molecule has 172 valence electrons. The molecule has 2 aromatic carbocycles. The fourth-order valence-electron chi connectivity index (χ4n) is 3.17. The Balaban J connectivity index is 2.23. The summed E-state index contributed by atoms with van der Waals surface area (Å²) < 4.78 is 21.2. The first kappa shape index (κ1) is 25.0. The van der Waals surface area contributed by atoms with Crippen molar-refractivity contribution in [2.24, 2.45) is 5.41 Å². The molecule has 0 atom stereocenters. The number of para-hydroxylation sites is 1. The Morgan fingerprint density at radius 1 is 0.938 bits per heavy atom. The fourth-order valence-corrected chi connectivity index (χ4v) is 3.17. The third kappa shape index (κ3) is 6.13. The molecule has 0 amide bonds. The molecule has 0 spiro atoms. The van der Waals surface area contributed by atoms with Crippen LogP contribution in [0.1, 0.15) is 49.5 Å². The molecule has 0 heterocycles. The van der Waals surface area contributed by atoms with Gasteiger partial charge in [0.2, 0.25) is 0 Å². The molecule has 2 aromatic rings. The van der Waals surface area contributed by atoms with Crippen LogP contribution in [0.4, 0.5) is 0 Å². The van der Waals surface area contributed by atoms with Gasteiger partial charge in [-0.05, 0) is 57.0 Å². The first-order valence-corrected chi connectivity index (χ1v) is 10.5. The number of ketones is 1. The van der Waals surface area contributed by atoms with Gasteiger partial charge in [0.05, 0.1) is 33.5 Å². The lowest BCUT2D eigenvalue weighted by atomic mass is 9.77. The maximum Gasteiger partial charge on any atom is 0.305 e. The Labute approximate surface area is 190 Å². The molecule has 6 nitrogen and oxygen atoms in total. The summed E-state index contributed by atoms with van der Waals surface area (Å²) >= 11 is 0. The highest BCUT2D eigenvalue weighted by Crippen LogP contribution is 2.36. The molecule has 0 N–H and O–H groups in total. The van der Waals surface area contributed by atoms with Crippen LogP contribution in [-0.4, -0.2) is 39.7 Å². The second kappa shape index (κ2) is 11.4. The van der Waals surface area contributed by atoms with Crippen molar-refractivity contribution in [3.05, 3.63) is 59.2 Å². The zero-order valence-corrected chi connectivity index (χ0v) is 19.7. The molecule has 0 saturated heterocycles. The van der Waals surface area contributed by atoms with Crippen LogP contribution < -0.4 is 14.2 Å². The zero-order chi connectivity index (χ0) is 23.7. The topological polar surface area (TPSA) is 71.1 Å². The van der Waals surface area contributed by atoms with Crippen molar-refractivity contribution in [1.82, 2.24) is 0 Å². The average Bonchev–Trinajstić information content (AvgIpc) is 2.81. The van der Waals surface area contributed by atoms with Crippen LogP contribution in [0.25, 0.3) is 6.08 Å². The Bertz CT molecular complexity index is 974. The molecule has 6 heteroatoms. The molecule has 0 aliphatic carbocycles. The minimum absolute atomic E-state index is 0.0171. The summed E-state index contributed by atoms with van der Waals surface area (Å²) in [6.07, 6.45) is 2.79. The Hall–Kier alpha value is -3.28. The van der Waals surface area contributed by atoms with E-state index in [1.54, 1.807) is 26.4 Å². The van der Waals surface area contributed by atoms with Crippen molar-refractivity contribution in [3.63, 3.8) is 0 Å². The van der Waals surface area contributed by atoms with Gasteiger partial charge in [-0.1, -0.05) is 29.8 Å². The van der Waals surface area contributed by atoms with Crippen molar-refractivity contribution >= 4 is 17.8 Å². The molecule has 0 aliphatic heterocycles. The van der Waals surface area contributed by atoms with Crippen molar-refractivity contribution in [3.8, 4) is 17.2 Å². The van der Waals surface area contributed by atoms with Crippen LogP contribution in [-0.2, 0) is 9.53 Å². The van der Waals surface area contributed by atoms with E-state index in [0.717, 1.165) is 11.1 Å². The Kier molecular flexibility index (Phi) is 8.88. The van der Waals surface area contributed by atoms with E-state index < -0.39 is 5.41 Å². The van der Waals surface area contributed by atoms with Gasteiger partial charge < -0.3 is 18.9 Å². The predicted molar refractivity (Wildman–Crippen MR) is 124 cm³/mol. The van der Waals surface area contributed by atoms with Gasteiger partial charge in [-0.15, -0.1) is 0 Å². The summed E-state index contributed by atoms with van der Waals surface area (Å²) in [6.45, 7) is 6.10. The zero-order valence-electron chi connectivity index (χ0n) is 19.7. The molecular formula is C26H32O6. The molecule has 0 fully saturated rings. The lowest BCUT2D eigenvalue weighted by molar-refractivity contribution is -0.140. The highest BCUT2D eigenvalue weighted by atomic mass is 16.5. The summed E-state index contributed by atoms with van der Waals surface area (Å²) in [6, 6.07) is 12.8. The average molecular weight is 441 g/mol. The second-order valence-corrected chi connectivity index (χ2v) is 7.92. The molecule has 0 saturated carbocycles. The van der Waals surface area contributed by atoms with E-state index in [4.69, 9.17) is 14.2 Å². The maximum absolute atomic E-state index is 13.3. The third-order valence-electron chi connectivity index (χ3n) is 5.49. The third-order valence-corrected chi connectivity index (χ3v) is 5.49. The Morgan fingerprint density at radius 2 is 1.62 bits per heavy atom. The van der Waals surface area contributed by atoms with E-state index >= 15 is 0 Å². The van der Waals surface area contributed by atoms with E-state index in [9.17, 15) is 9.59 Å². The molecule has 0 aromatic heterocycles. The van der Waals surface area contributed by atoms with Crippen molar-refractivity contribution in [2.75, 3.05) is 27.9 Å². The molecule has 0 radical (unpaired) electrons. The number of allylic oxidation sites excluding steroid dienone is 1. The first-order chi connectivity index (χ1) is 15.2. The molecule has 0 unspecified atom stereocenters. The highest BCUT2D eigenvalue weighted by molar-refractivity contribution is 6.04. The number of carbonyl (C=O) groups is 2. The smallest absolute Gasteiger partial charge is 0.305 e. The minimum Gasteiger partial charge on any atom is -0.496 e. The predicted octanol–water partition coefficient (Wildman–Crippen LogP) is 5.35. The number of carbonyl (C=O) groups excluding carboxylic acids is 2. The first-order valence-electron chi connectivity index (χ1n) is 10.5. The van der Waals surface area contributed by atoms with Gasteiger partial charge in [0.15, 0.2) is 17.3 Å². The van der Waals surface area contributed by atoms with Crippen LogP contribution in [0.2, 0.25) is 0 Å². The minimum atomic E-state index is -0.740. The summed E-state index contributed by atoms with van der Waals surface area (Å²) in [5.74, 6) is 1.45. The molecule has 0 aliphatic rings. The van der Waals surface area contributed by atoms with Gasteiger partial charge in [0.1, 0.15) is 5.75 Å². The number of esters is 1. The van der Waals surface area contributed by atoms with Crippen LogP contribution in [0.3, 0.4) is 0 Å². The summed E-state index contributed by atoms with van der Waals surface area (Å²) in [5, 5.41) is 0. The highest BCUT2D eigenvalue weighted by Gasteiger charge is 2.32. The van der Waals surface area contributed by atoms with E-state index in [2.05, 4.69) is 4.74 Å². The number of methoxy groups -OCH3 is 3. The number of hydrogen-bond donors (Lipinski definition) is 0. The molecule has 32 heavy (non-hydrogen) atoms. The van der Waals surface area contributed by atoms with E-state index in [0.29, 0.717) is 35.8 Å². The lowest BCUT2D eigenvalue weighted by Gasteiger charge is -2.25. The number of Topliss-reactive ketones (excluding diaryl/α,β-unsaturated/α-hetero) is 1. The monoisotopic (exact) mass is 440 g/mol. The van der Waals surface area contributed by atoms with Crippen LogP contribution in [0, 0.1) is 5.41 Å². The molecular weight excluding hydrogens is 408 g/mol. The summed E-state index contributed by atoms with van der Waals surface area (Å²) in [4.78, 5) is 24.6. The van der Waals surface area contributed by atoms with E-state index in [1.807, 2.05) is 57.2 Å². The quantitative estimate of drug-likeness (QED) is 0.267. The van der Waals surface area contributed by atoms with Crippen LogP contribution >= 0.6 is 0 Å². The lowest BCUT2D eigenvalue weighted by Crippen LogP contribution is -2.26. The Morgan fingerprint density at radius 3 is 2.28 bits per heavy atom. The number of benzene rings is 2. The standard InChI is InChI=1S/C26H32O6/c1-18(26(2,3)25(28)20-10-7-8-11-21(20)29-4)16-19-13-14-22(30-5)23(17-19)32-15-9-12-24(27)31-6/h7-8,10-11,13-14,16-17H,9,12,15H2,1-6H3/b18-16+. The van der Waals surface area contributed by atoms with Gasteiger partial charge in [-0.2, -0.15) is 0 Å². The summed E-state index contributed by atoms with van der Waals surface area (Å²) in [7, 11) is 4.50. The largest absolute Gasteiger partial charge is 0.496 e. The number of hydrogen-bond acceptors (Lipinski definition) is 6. The molecule has 2 rings (SSSR count). The van der Waals surface area contributed by atoms with Crippen LogP contribution in [0.5, 0.6) is 17.2 Å². The SMILES string of the molecule is COC(=O)CCCOc1cc(/C=C(\C)C(C)(C)C(=O)c2ccccc2OC)ccc1OC. The van der Waals surface area contributed by atoms with Crippen molar-refractivity contribution in [1.29, 1.82) is 0 Å². The van der Waals surface area contributed by atoms with Gasteiger partial charge in [-0.25, -0.2) is 0 Å². The number of ether oxygens (including phenoxy) is 4.